The number of H-pyrrole nitrogens is 1. The van der Waals surface area contributed by atoms with Crippen molar-refractivity contribution in [2.75, 3.05) is 5.32 Å². The van der Waals surface area contributed by atoms with Gasteiger partial charge in [0, 0.05) is 24.0 Å². The SMILES string of the molecule is CC1(C(=O)Nc2ccccc2OC(F)(F)F)CCc2[nH]nc(C3C=CN=CC3)c2C1. The van der Waals surface area contributed by atoms with E-state index in [1.54, 1.807) is 12.3 Å². The van der Waals surface area contributed by atoms with Crippen LogP contribution in [0.3, 0.4) is 0 Å². The summed E-state index contributed by atoms with van der Waals surface area (Å²) in [5, 5.41) is 10.2. The van der Waals surface area contributed by atoms with Crippen LogP contribution in [0.1, 0.15) is 42.6 Å². The molecule has 1 aromatic carbocycles. The minimum absolute atomic E-state index is 0.00862. The molecule has 0 saturated heterocycles. The lowest BCUT2D eigenvalue weighted by Gasteiger charge is -2.33. The van der Waals surface area contributed by atoms with Gasteiger partial charge in [0.05, 0.1) is 16.8 Å². The molecule has 2 aliphatic rings. The van der Waals surface area contributed by atoms with Crippen molar-refractivity contribution in [1.82, 2.24) is 10.2 Å². The topological polar surface area (TPSA) is 79.4 Å². The van der Waals surface area contributed by atoms with E-state index < -0.39 is 17.5 Å². The van der Waals surface area contributed by atoms with Crippen LogP contribution in [0.25, 0.3) is 0 Å². The maximum atomic E-state index is 13.1. The number of alkyl halides is 3. The van der Waals surface area contributed by atoms with Gasteiger partial charge in [0.1, 0.15) is 0 Å². The molecule has 1 aliphatic carbocycles. The Balaban J connectivity index is 1.55. The maximum absolute atomic E-state index is 13.1. The third-order valence-corrected chi connectivity index (χ3v) is 5.61. The zero-order valence-electron chi connectivity index (χ0n) is 16.3. The second-order valence-electron chi connectivity index (χ2n) is 7.82. The molecular weight excluding hydrogens is 397 g/mol. The van der Waals surface area contributed by atoms with Gasteiger partial charge in [-0.15, -0.1) is 13.2 Å². The minimum Gasteiger partial charge on any atom is -0.404 e. The third kappa shape index (κ3) is 4.10. The van der Waals surface area contributed by atoms with Crippen molar-refractivity contribution < 1.29 is 22.7 Å². The number of halogens is 3. The van der Waals surface area contributed by atoms with Crippen molar-refractivity contribution in [3.63, 3.8) is 0 Å². The van der Waals surface area contributed by atoms with Crippen molar-refractivity contribution >= 4 is 17.8 Å². The summed E-state index contributed by atoms with van der Waals surface area (Å²) in [4.78, 5) is 17.2. The van der Waals surface area contributed by atoms with Gasteiger partial charge in [0.25, 0.3) is 0 Å². The number of nitrogens with zero attached hydrogens (tertiary/aromatic N) is 2. The highest BCUT2D eigenvalue weighted by atomic mass is 19.4. The van der Waals surface area contributed by atoms with Crippen LogP contribution in [0.4, 0.5) is 18.9 Å². The lowest BCUT2D eigenvalue weighted by molar-refractivity contribution is -0.274. The summed E-state index contributed by atoms with van der Waals surface area (Å²) in [5.74, 6) is -0.692. The number of hydrogen-bond acceptors (Lipinski definition) is 4. The number of aliphatic imine (C=N–C) groups is 1. The average molecular weight is 418 g/mol. The largest absolute Gasteiger partial charge is 0.573 e. The molecule has 9 heteroatoms. The van der Waals surface area contributed by atoms with Gasteiger partial charge in [0.2, 0.25) is 5.91 Å². The number of allylic oxidation sites excluding steroid dienone is 1. The Hall–Kier alpha value is -3.10. The average Bonchev–Trinajstić information content (AvgIpc) is 3.12. The molecule has 0 fully saturated rings. The Labute approximate surface area is 171 Å². The monoisotopic (exact) mass is 418 g/mol. The van der Waals surface area contributed by atoms with Crippen LogP contribution < -0.4 is 10.1 Å². The van der Waals surface area contributed by atoms with Gasteiger partial charge in [-0.2, -0.15) is 5.10 Å². The smallest absolute Gasteiger partial charge is 0.404 e. The summed E-state index contributed by atoms with van der Waals surface area (Å²) in [6.07, 6.45) is 3.08. The number of hydrogen-bond donors (Lipinski definition) is 2. The molecule has 2 unspecified atom stereocenters. The number of rotatable bonds is 4. The fraction of sp³-hybridized carbons (Fsp3) is 0.381. The molecule has 2 aromatic rings. The quantitative estimate of drug-likeness (QED) is 0.767. The maximum Gasteiger partial charge on any atom is 0.573 e. The number of anilines is 1. The van der Waals surface area contributed by atoms with Crippen LogP contribution >= 0.6 is 0 Å². The summed E-state index contributed by atoms with van der Waals surface area (Å²) in [7, 11) is 0. The van der Waals surface area contributed by atoms with Gasteiger partial charge in [-0.1, -0.05) is 25.1 Å². The van der Waals surface area contributed by atoms with Gasteiger partial charge >= 0.3 is 6.36 Å². The molecule has 0 saturated carbocycles. The zero-order chi connectivity index (χ0) is 21.4. The molecule has 158 valence electrons. The van der Waals surface area contributed by atoms with E-state index in [4.69, 9.17) is 0 Å². The number of carbonyl (C=O) groups excluding carboxylic acids is 1. The molecule has 1 aromatic heterocycles. The Morgan fingerprint density at radius 1 is 1.33 bits per heavy atom. The van der Waals surface area contributed by atoms with E-state index in [0.717, 1.165) is 23.4 Å². The number of para-hydroxylation sites is 2. The number of aromatic amines is 1. The van der Waals surface area contributed by atoms with Crippen molar-refractivity contribution in [3.8, 4) is 5.75 Å². The molecule has 0 radical (unpaired) electrons. The van der Waals surface area contributed by atoms with Crippen molar-refractivity contribution in [2.45, 2.75) is 44.9 Å². The standard InChI is InChI=1S/C21H21F3N4O2/c1-20(19(29)26-16-4-2-3-5-17(16)30-21(22,23)24)9-6-15-14(12-20)18(28-27-15)13-7-10-25-11-8-13/h2-5,7,10-11,13H,6,8-9,12H2,1H3,(H,26,29)(H,27,28). The second-order valence-corrected chi connectivity index (χ2v) is 7.82. The summed E-state index contributed by atoms with van der Waals surface area (Å²) < 4.78 is 42.1. The van der Waals surface area contributed by atoms with E-state index in [-0.39, 0.29) is 17.5 Å². The van der Waals surface area contributed by atoms with Crippen molar-refractivity contribution in [3.05, 3.63) is 53.5 Å². The van der Waals surface area contributed by atoms with E-state index in [9.17, 15) is 18.0 Å². The zero-order valence-corrected chi connectivity index (χ0v) is 16.3. The van der Waals surface area contributed by atoms with Crippen LogP contribution in [0.5, 0.6) is 5.75 Å². The summed E-state index contributed by atoms with van der Waals surface area (Å²) in [6, 6.07) is 5.54. The molecule has 0 spiro atoms. The molecule has 4 rings (SSSR count). The first kappa shape index (κ1) is 20.2. The van der Waals surface area contributed by atoms with Crippen LogP contribution in [0, 0.1) is 5.41 Å². The lowest BCUT2D eigenvalue weighted by atomic mass is 9.72. The van der Waals surface area contributed by atoms with Crippen LogP contribution in [-0.4, -0.2) is 28.7 Å². The third-order valence-electron chi connectivity index (χ3n) is 5.61. The second kappa shape index (κ2) is 7.62. The summed E-state index contributed by atoms with van der Waals surface area (Å²) >= 11 is 0. The van der Waals surface area contributed by atoms with Crippen LogP contribution in [0.2, 0.25) is 0 Å². The molecule has 1 amide bonds. The molecule has 2 atom stereocenters. The highest BCUT2D eigenvalue weighted by molar-refractivity contribution is 5.96. The fourth-order valence-electron chi connectivity index (χ4n) is 3.93. The van der Waals surface area contributed by atoms with Crippen LogP contribution in [-0.2, 0) is 17.6 Å². The molecular formula is C21H21F3N4O2. The molecule has 1 aliphatic heterocycles. The minimum atomic E-state index is -4.84. The fourth-order valence-corrected chi connectivity index (χ4v) is 3.93. The number of aryl methyl sites for hydroxylation is 1. The van der Waals surface area contributed by atoms with E-state index in [0.29, 0.717) is 19.3 Å². The number of benzene rings is 1. The van der Waals surface area contributed by atoms with Crippen LogP contribution in [0.15, 0.2) is 41.5 Å². The van der Waals surface area contributed by atoms with E-state index in [1.165, 1.54) is 18.2 Å². The van der Waals surface area contributed by atoms with Gasteiger partial charge in [-0.05, 0) is 43.4 Å². The predicted molar refractivity (Wildman–Crippen MR) is 105 cm³/mol. The number of fused-ring (bicyclic) bond motifs is 1. The number of nitrogens with one attached hydrogen (secondary N) is 2. The Morgan fingerprint density at radius 2 is 2.13 bits per heavy atom. The number of amides is 1. The summed E-state index contributed by atoms with van der Waals surface area (Å²) in [5.41, 5.74) is 2.11. The molecule has 0 bridgehead atoms. The van der Waals surface area contributed by atoms with E-state index >= 15 is 0 Å². The molecule has 2 heterocycles. The molecule has 6 nitrogen and oxygen atoms in total. The lowest BCUT2D eigenvalue weighted by Crippen LogP contribution is -2.38. The number of ether oxygens (including phenoxy) is 1. The highest BCUT2D eigenvalue weighted by Crippen LogP contribution is 2.40. The Kier molecular flexibility index (Phi) is 5.13. The Bertz CT molecular complexity index is 1010. The first-order chi connectivity index (χ1) is 14.3. The van der Waals surface area contributed by atoms with Gasteiger partial charge in [-0.25, -0.2) is 0 Å². The van der Waals surface area contributed by atoms with E-state index in [2.05, 4.69) is 25.2 Å². The normalized spacial score (nSPS) is 23.1. The summed E-state index contributed by atoms with van der Waals surface area (Å²) in [6.45, 7) is 1.83. The Morgan fingerprint density at radius 3 is 2.87 bits per heavy atom. The van der Waals surface area contributed by atoms with Gasteiger partial charge < -0.3 is 10.1 Å². The first-order valence-corrected chi connectivity index (χ1v) is 9.66. The van der Waals surface area contributed by atoms with Gasteiger partial charge in [0.15, 0.2) is 5.75 Å². The predicted octanol–water partition coefficient (Wildman–Crippen LogP) is 4.51. The van der Waals surface area contributed by atoms with E-state index in [1.807, 2.05) is 19.2 Å². The number of aromatic nitrogens is 2. The molecule has 30 heavy (non-hydrogen) atoms. The van der Waals surface area contributed by atoms with Crippen molar-refractivity contribution in [1.29, 1.82) is 0 Å². The highest BCUT2D eigenvalue weighted by Gasteiger charge is 2.40. The van der Waals surface area contributed by atoms with Crippen molar-refractivity contribution in [2.24, 2.45) is 10.4 Å². The van der Waals surface area contributed by atoms with Gasteiger partial charge in [-0.3, -0.25) is 14.9 Å². The first-order valence-electron chi connectivity index (χ1n) is 9.66. The number of carbonyl (C=O) groups is 1. The molecule has 2 N–H and O–H groups in total.